The van der Waals surface area contributed by atoms with E-state index in [1.165, 1.54) is 0 Å². The van der Waals surface area contributed by atoms with Gasteiger partial charge in [-0.2, -0.15) is 5.10 Å². The van der Waals surface area contributed by atoms with Crippen molar-refractivity contribution >= 4 is 40.3 Å². The fourth-order valence-electron chi connectivity index (χ4n) is 6.04. The number of aryl methyl sites for hydroxylation is 1. The molecule has 4 amide bonds. The Labute approximate surface area is 241 Å². The highest BCUT2D eigenvalue weighted by Crippen LogP contribution is 2.34. The van der Waals surface area contributed by atoms with Crippen molar-refractivity contribution in [2.24, 2.45) is 5.92 Å². The maximum absolute atomic E-state index is 13.1. The standard InChI is InChI=1S/C31H29N7O4/c39-28-11-10-27(29(40)35-28)38-30(41)22-9-8-21(13-23(22)31(38)42)36-16-19(17-36)5-3-4-12-37-18-20(14-33-37)26-15-32-24-6-1-2-7-25(24)34-26/h1-2,6-9,13-15,18-19,27H,3-5,10-12,16-17H2,(H,35,39,40). The fraction of sp³-hybridized carbons (Fsp3) is 0.323. The van der Waals surface area contributed by atoms with E-state index in [2.05, 4.69) is 20.3 Å². The summed E-state index contributed by atoms with van der Waals surface area (Å²) in [5.74, 6) is -1.37. The lowest BCUT2D eigenvalue weighted by Gasteiger charge is -2.41. The number of nitrogens with zero attached hydrogens (tertiary/aromatic N) is 6. The predicted molar refractivity (Wildman–Crippen MR) is 153 cm³/mol. The van der Waals surface area contributed by atoms with Gasteiger partial charge >= 0.3 is 0 Å². The molecule has 5 heterocycles. The van der Waals surface area contributed by atoms with Gasteiger partial charge in [0, 0.05) is 43.5 Å². The molecule has 0 radical (unpaired) electrons. The molecule has 3 aliphatic heterocycles. The lowest BCUT2D eigenvalue weighted by atomic mass is 9.92. The lowest BCUT2D eigenvalue weighted by Crippen LogP contribution is -2.54. The van der Waals surface area contributed by atoms with Crippen LogP contribution in [-0.4, -0.2) is 67.4 Å². The van der Waals surface area contributed by atoms with E-state index in [4.69, 9.17) is 4.98 Å². The van der Waals surface area contributed by atoms with E-state index >= 15 is 0 Å². The van der Waals surface area contributed by atoms with E-state index < -0.39 is 23.8 Å². The predicted octanol–water partition coefficient (Wildman–Crippen LogP) is 3.20. The first-order valence-electron chi connectivity index (χ1n) is 14.3. The number of benzene rings is 2. The summed E-state index contributed by atoms with van der Waals surface area (Å²) >= 11 is 0. The van der Waals surface area contributed by atoms with E-state index in [1.807, 2.05) is 47.4 Å². The third-order valence-corrected chi connectivity index (χ3v) is 8.37. The molecule has 11 nitrogen and oxygen atoms in total. The zero-order valence-corrected chi connectivity index (χ0v) is 22.9. The molecule has 0 saturated carbocycles. The summed E-state index contributed by atoms with van der Waals surface area (Å²) in [5, 5.41) is 6.73. The number of imide groups is 2. The van der Waals surface area contributed by atoms with Gasteiger partial charge in [-0.15, -0.1) is 0 Å². The first-order valence-corrected chi connectivity index (χ1v) is 14.3. The van der Waals surface area contributed by atoms with Gasteiger partial charge in [0.25, 0.3) is 11.8 Å². The van der Waals surface area contributed by atoms with E-state index in [-0.39, 0.29) is 18.7 Å². The molecule has 1 unspecified atom stereocenters. The topological polar surface area (TPSA) is 130 Å². The van der Waals surface area contributed by atoms with Gasteiger partial charge < -0.3 is 4.90 Å². The number of unbranched alkanes of at least 4 members (excludes halogenated alkanes) is 1. The Balaban J connectivity index is 0.893. The maximum atomic E-state index is 13.1. The molecule has 42 heavy (non-hydrogen) atoms. The first kappa shape index (κ1) is 26.0. The van der Waals surface area contributed by atoms with Gasteiger partial charge in [-0.05, 0) is 55.5 Å². The zero-order valence-electron chi connectivity index (χ0n) is 22.9. The fourth-order valence-corrected chi connectivity index (χ4v) is 6.04. The molecular formula is C31H29N7O4. The number of fused-ring (bicyclic) bond motifs is 2. The minimum atomic E-state index is -0.951. The normalized spacial score (nSPS) is 18.9. The number of carbonyl (C=O) groups excluding carboxylic acids is 4. The summed E-state index contributed by atoms with van der Waals surface area (Å²) in [4.78, 5) is 62.3. The van der Waals surface area contributed by atoms with Crippen LogP contribution in [-0.2, 0) is 16.1 Å². The molecule has 2 aromatic heterocycles. The van der Waals surface area contributed by atoms with E-state index in [1.54, 1.807) is 18.3 Å². The van der Waals surface area contributed by atoms with Crippen LogP contribution in [0.4, 0.5) is 5.69 Å². The van der Waals surface area contributed by atoms with Crippen molar-refractivity contribution < 1.29 is 19.2 Å². The summed E-state index contributed by atoms with van der Waals surface area (Å²) in [7, 11) is 0. The van der Waals surface area contributed by atoms with Crippen molar-refractivity contribution in [3.8, 4) is 11.3 Å². The van der Waals surface area contributed by atoms with Crippen LogP contribution < -0.4 is 10.2 Å². The number of rotatable bonds is 8. The van der Waals surface area contributed by atoms with Crippen LogP contribution in [0.2, 0.25) is 0 Å². The highest BCUT2D eigenvalue weighted by atomic mass is 16.2. The van der Waals surface area contributed by atoms with Gasteiger partial charge in [-0.25, -0.2) is 4.98 Å². The van der Waals surface area contributed by atoms with Crippen LogP contribution in [0.3, 0.4) is 0 Å². The molecule has 4 aromatic rings. The van der Waals surface area contributed by atoms with Crippen molar-refractivity contribution in [1.82, 2.24) is 30.0 Å². The number of aromatic nitrogens is 4. The van der Waals surface area contributed by atoms with Gasteiger partial charge in [0.05, 0.1) is 40.2 Å². The number of hydrogen-bond donors (Lipinski definition) is 1. The van der Waals surface area contributed by atoms with Gasteiger partial charge in [-0.1, -0.05) is 18.6 Å². The molecule has 0 spiro atoms. The van der Waals surface area contributed by atoms with Gasteiger partial charge in [-0.3, -0.25) is 39.1 Å². The van der Waals surface area contributed by atoms with E-state index in [9.17, 15) is 19.2 Å². The second-order valence-corrected chi connectivity index (χ2v) is 11.2. The second-order valence-electron chi connectivity index (χ2n) is 11.2. The molecule has 7 rings (SSSR count). The molecule has 212 valence electrons. The number of amides is 4. The number of carbonyl (C=O) groups is 4. The molecule has 11 heteroatoms. The van der Waals surface area contributed by atoms with Crippen LogP contribution in [0.5, 0.6) is 0 Å². The third kappa shape index (κ3) is 4.70. The molecule has 3 aliphatic rings. The van der Waals surface area contributed by atoms with Crippen molar-refractivity contribution in [3.05, 3.63) is 72.2 Å². The summed E-state index contributed by atoms with van der Waals surface area (Å²) in [5.41, 5.74) is 5.04. The van der Waals surface area contributed by atoms with Crippen LogP contribution >= 0.6 is 0 Å². The number of piperidine rings is 1. The Bertz CT molecular complexity index is 1740. The number of para-hydroxylation sites is 2. The average Bonchev–Trinajstić information content (AvgIpc) is 3.54. The number of hydrogen-bond acceptors (Lipinski definition) is 8. The Morgan fingerprint density at radius 1 is 0.905 bits per heavy atom. The smallest absolute Gasteiger partial charge is 0.262 e. The molecule has 2 aromatic carbocycles. The average molecular weight is 564 g/mol. The highest BCUT2D eigenvalue weighted by Gasteiger charge is 2.45. The Kier molecular flexibility index (Phi) is 6.49. The molecule has 1 atom stereocenters. The Morgan fingerprint density at radius 3 is 2.55 bits per heavy atom. The Morgan fingerprint density at radius 2 is 1.71 bits per heavy atom. The third-order valence-electron chi connectivity index (χ3n) is 8.37. The molecule has 2 saturated heterocycles. The van der Waals surface area contributed by atoms with Crippen LogP contribution in [0.1, 0.15) is 52.8 Å². The summed E-state index contributed by atoms with van der Waals surface area (Å²) in [6.45, 7) is 2.62. The highest BCUT2D eigenvalue weighted by molar-refractivity contribution is 6.23. The molecule has 0 bridgehead atoms. The van der Waals surface area contributed by atoms with Crippen molar-refractivity contribution in [2.75, 3.05) is 18.0 Å². The molecule has 0 aliphatic carbocycles. The monoisotopic (exact) mass is 563 g/mol. The number of anilines is 1. The summed E-state index contributed by atoms with van der Waals surface area (Å²) < 4.78 is 1.96. The van der Waals surface area contributed by atoms with E-state index in [0.29, 0.717) is 17.0 Å². The van der Waals surface area contributed by atoms with Gasteiger partial charge in [0.2, 0.25) is 11.8 Å². The molecule has 2 fully saturated rings. The maximum Gasteiger partial charge on any atom is 0.262 e. The van der Waals surface area contributed by atoms with Crippen molar-refractivity contribution in [2.45, 2.75) is 44.7 Å². The summed E-state index contributed by atoms with van der Waals surface area (Å²) in [6, 6.07) is 12.2. The van der Waals surface area contributed by atoms with Crippen LogP contribution in [0.25, 0.3) is 22.3 Å². The number of nitrogens with one attached hydrogen (secondary N) is 1. The molecular weight excluding hydrogens is 534 g/mol. The Hall–Kier alpha value is -4.93. The minimum Gasteiger partial charge on any atom is -0.371 e. The van der Waals surface area contributed by atoms with Gasteiger partial charge in [0.1, 0.15) is 6.04 Å². The SMILES string of the molecule is O=C1CCC(N2C(=O)c3ccc(N4CC(CCCCn5cc(-c6cnc7ccccc7n6)cn5)C4)cc3C2=O)C(=O)N1. The van der Waals surface area contributed by atoms with Crippen LogP contribution in [0.15, 0.2) is 61.1 Å². The zero-order chi connectivity index (χ0) is 28.8. The van der Waals surface area contributed by atoms with Gasteiger partial charge in [0.15, 0.2) is 0 Å². The van der Waals surface area contributed by atoms with Crippen molar-refractivity contribution in [3.63, 3.8) is 0 Å². The lowest BCUT2D eigenvalue weighted by molar-refractivity contribution is -0.136. The van der Waals surface area contributed by atoms with Crippen LogP contribution in [0, 0.1) is 5.92 Å². The van der Waals surface area contributed by atoms with E-state index in [0.717, 1.165) is 71.8 Å². The first-order chi connectivity index (χ1) is 20.4. The largest absolute Gasteiger partial charge is 0.371 e. The quantitative estimate of drug-likeness (QED) is 0.256. The van der Waals surface area contributed by atoms with Crippen molar-refractivity contribution in [1.29, 1.82) is 0 Å². The second kappa shape index (κ2) is 10.5. The summed E-state index contributed by atoms with van der Waals surface area (Å²) in [6.07, 6.45) is 9.10. The molecule has 1 N–H and O–H groups in total. The minimum absolute atomic E-state index is 0.105.